The topological polar surface area (TPSA) is 69.4 Å². The molecule has 134 valence electrons. The van der Waals surface area contributed by atoms with E-state index in [-0.39, 0.29) is 6.61 Å². The third-order valence-corrected chi connectivity index (χ3v) is 4.26. The number of hydrogen-bond donors (Lipinski definition) is 0. The van der Waals surface area contributed by atoms with Crippen LogP contribution in [0, 0.1) is 0 Å². The van der Waals surface area contributed by atoms with Crippen LogP contribution >= 0.6 is 11.6 Å². The Morgan fingerprint density at radius 3 is 2.52 bits per heavy atom. The number of esters is 1. The zero-order chi connectivity index (χ0) is 18.8. The molecule has 0 amide bonds. The fraction of sp³-hybridized carbons (Fsp3) is 0.100. The number of nitrogens with zero attached hydrogens (tertiary/aromatic N) is 4. The lowest BCUT2D eigenvalue weighted by molar-refractivity contribution is 0.0526. The molecule has 0 saturated carbocycles. The van der Waals surface area contributed by atoms with Crippen LogP contribution < -0.4 is 0 Å². The van der Waals surface area contributed by atoms with E-state index in [4.69, 9.17) is 16.3 Å². The van der Waals surface area contributed by atoms with Crippen LogP contribution in [0.25, 0.3) is 28.4 Å². The molecule has 0 radical (unpaired) electrons. The van der Waals surface area contributed by atoms with Crippen molar-refractivity contribution in [3.8, 4) is 22.6 Å². The highest BCUT2D eigenvalue weighted by Crippen LogP contribution is 2.26. The maximum absolute atomic E-state index is 12.5. The second kappa shape index (κ2) is 7.17. The van der Waals surface area contributed by atoms with Crippen LogP contribution in [0.1, 0.15) is 17.3 Å². The van der Waals surface area contributed by atoms with Crippen LogP contribution in [0.15, 0.2) is 60.8 Å². The monoisotopic (exact) mass is 378 g/mol. The van der Waals surface area contributed by atoms with Crippen molar-refractivity contribution in [2.24, 2.45) is 0 Å². The van der Waals surface area contributed by atoms with E-state index in [1.165, 1.54) is 6.20 Å². The van der Waals surface area contributed by atoms with Gasteiger partial charge >= 0.3 is 5.97 Å². The van der Waals surface area contributed by atoms with Gasteiger partial charge in [-0.2, -0.15) is 9.50 Å². The van der Waals surface area contributed by atoms with Crippen molar-refractivity contribution in [1.82, 2.24) is 19.6 Å². The van der Waals surface area contributed by atoms with Crippen molar-refractivity contribution in [2.45, 2.75) is 6.92 Å². The van der Waals surface area contributed by atoms with Crippen molar-refractivity contribution in [2.75, 3.05) is 6.61 Å². The summed E-state index contributed by atoms with van der Waals surface area (Å²) in [4.78, 5) is 21.2. The van der Waals surface area contributed by atoms with E-state index in [0.29, 0.717) is 27.9 Å². The van der Waals surface area contributed by atoms with Gasteiger partial charge in [0.25, 0.3) is 5.78 Å². The summed E-state index contributed by atoms with van der Waals surface area (Å²) in [6.07, 6.45) is 1.48. The first-order valence-corrected chi connectivity index (χ1v) is 8.79. The molecular weight excluding hydrogens is 364 g/mol. The number of fused-ring (bicyclic) bond motifs is 1. The molecule has 4 rings (SSSR count). The minimum atomic E-state index is -0.450. The van der Waals surface area contributed by atoms with E-state index in [9.17, 15) is 4.79 Å². The quantitative estimate of drug-likeness (QED) is 0.495. The first-order chi connectivity index (χ1) is 13.2. The van der Waals surface area contributed by atoms with Gasteiger partial charge in [0, 0.05) is 22.3 Å². The lowest BCUT2D eigenvalue weighted by atomic mass is 10.1. The normalized spacial score (nSPS) is 10.9. The average molecular weight is 379 g/mol. The van der Waals surface area contributed by atoms with Gasteiger partial charge in [0.05, 0.1) is 12.3 Å². The molecule has 0 aliphatic carbocycles. The van der Waals surface area contributed by atoms with Crippen LogP contribution in [-0.4, -0.2) is 32.2 Å². The largest absolute Gasteiger partial charge is 0.462 e. The number of ether oxygens (including phenoxy) is 1. The zero-order valence-electron chi connectivity index (χ0n) is 14.5. The molecule has 2 heterocycles. The minimum absolute atomic E-state index is 0.276. The van der Waals surface area contributed by atoms with Crippen molar-refractivity contribution in [3.05, 3.63) is 71.4 Å². The molecule has 0 aliphatic heterocycles. The lowest BCUT2D eigenvalue weighted by Crippen LogP contribution is -2.11. The molecule has 27 heavy (non-hydrogen) atoms. The van der Waals surface area contributed by atoms with Crippen LogP contribution in [0.4, 0.5) is 0 Å². The Kier molecular flexibility index (Phi) is 4.56. The van der Waals surface area contributed by atoms with E-state index >= 15 is 0 Å². The number of aromatic nitrogens is 4. The molecular formula is C20H15ClN4O2. The molecule has 0 saturated heterocycles. The van der Waals surface area contributed by atoms with Crippen LogP contribution in [0.3, 0.4) is 0 Å². The summed E-state index contributed by atoms with van der Waals surface area (Å²) in [7, 11) is 0. The number of hydrogen-bond acceptors (Lipinski definition) is 5. The molecule has 0 spiro atoms. The van der Waals surface area contributed by atoms with Crippen molar-refractivity contribution < 1.29 is 9.53 Å². The van der Waals surface area contributed by atoms with Crippen molar-refractivity contribution in [3.63, 3.8) is 0 Å². The second-order valence-corrected chi connectivity index (χ2v) is 6.20. The van der Waals surface area contributed by atoms with Crippen LogP contribution in [0.2, 0.25) is 5.02 Å². The van der Waals surface area contributed by atoms with Crippen molar-refractivity contribution >= 4 is 23.3 Å². The van der Waals surface area contributed by atoms with Gasteiger partial charge in [-0.25, -0.2) is 9.78 Å². The highest BCUT2D eigenvalue weighted by atomic mass is 35.5. The summed E-state index contributed by atoms with van der Waals surface area (Å²) in [6, 6.07) is 16.7. The standard InChI is InChI=1S/C20H15ClN4O2/c1-2-27-19(26)16-12-22-20-23-18(14-8-10-15(21)11-9-14)24-25(20)17(16)13-6-4-3-5-7-13/h3-12H,2H2,1H3. The SMILES string of the molecule is CCOC(=O)c1cnc2nc(-c3ccc(Cl)cc3)nn2c1-c1ccccc1. The van der Waals surface area contributed by atoms with Gasteiger partial charge in [-0.05, 0) is 31.2 Å². The fourth-order valence-corrected chi connectivity index (χ4v) is 2.91. The Bertz CT molecular complexity index is 1110. The molecule has 0 unspecified atom stereocenters. The summed E-state index contributed by atoms with van der Waals surface area (Å²) in [5.41, 5.74) is 2.55. The Labute approximate surface area is 160 Å². The molecule has 0 bridgehead atoms. The van der Waals surface area contributed by atoms with Gasteiger partial charge in [-0.15, -0.1) is 5.10 Å². The molecule has 0 atom stereocenters. The smallest absolute Gasteiger partial charge is 0.341 e. The summed E-state index contributed by atoms with van der Waals surface area (Å²) in [5, 5.41) is 5.22. The van der Waals surface area contributed by atoms with E-state index in [0.717, 1.165) is 11.1 Å². The van der Waals surface area contributed by atoms with Gasteiger partial charge in [-0.1, -0.05) is 41.9 Å². The first kappa shape index (κ1) is 17.2. The van der Waals surface area contributed by atoms with E-state index in [2.05, 4.69) is 15.1 Å². The third kappa shape index (κ3) is 3.27. The highest BCUT2D eigenvalue weighted by Gasteiger charge is 2.21. The number of rotatable bonds is 4. The predicted molar refractivity (Wildman–Crippen MR) is 103 cm³/mol. The lowest BCUT2D eigenvalue weighted by Gasteiger charge is -2.10. The van der Waals surface area contributed by atoms with Crippen LogP contribution in [0.5, 0.6) is 0 Å². The Morgan fingerprint density at radius 1 is 1.07 bits per heavy atom. The van der Waals surface area contributed by atoms with E-state index in [1.807, 2.05) is 42.5 Å². The average Bonchev–Trinajstić information content (AvgIpc) is 3.13. The Balaban J connectivity index is 1.95. The van der Waals surface area contributed by atoms with Gasteiger partial charge in [0.2, 0.25) is 0 Å². The predicted octanol–water partition coefficient (Wildman–Crippen LogP) is 4.29. The maximum atomic E-state index is 12.5. The Morgan fingerprint density at radius 2 is 1.81 bits per heavy atom. The fourth-order valence-electron chi connectivity index (χ4n) is 2.79. The molecule has 4 aromatic rings. The summed E-state index contributed by atoms with van der Waals surface area (Å²) in [5.74, 6) is 0.443. The molecule has 2 aromatic heterocycles. The molecule has 7 heteroatoms. The number of carbonyl (C=O) groups is 1. The summed E-state index contributed by atoms with van der Waals surface area (Å²) < 4.78 is 6.76. The van der Waals surface area contributed by atoms with E-state index in [1.54, 1.807) is 23.6 Å². The Hall–Kier alpha value is -3.25. The summed E-state index contributed by atoms with van der Waals surface area (Å²) in [6.45, 7) is 2.04. The zero-order valence-corrected chi connectivity index (χ0v) is 15.2. The first-order valence-electron chi connectivity index (χ1n) is 8.41. The van der Waals surface area contributed by atoms with Gasteiger partial charge in [0.15, 0.2) is 5.82 Å². The maximum Gasteiger partial charge on any atom is 0.341 e. The minimum Gasteiger partial charge on any atom is -0.462 e. The van der Waals surface area contributed by atoms with Gasteiger partial charge in [-0.3, -0.25) is 0 Å². The number of carbonyl (C=O) groups excluding carboxylic acids is 1. The molecule has 0 aliphatic rings. The summed E-state index contributed by atoms with van der Waals surface area (Å²) >= 11 is 5.96. The van der Waals surface area contributed by atoms with E-state index < -0.39 is 5.97 Å². The highest BCUT2D eigenvalue weighted by molar-refractivity contribution is 6.30. The van der Waals surface area contributed by atoms with Crippen LogP contribution in [-0.2, 0) is 4.74 Å². The molecule has 6 nitrogen and oxygen atoms in total. The second-order valence-electron chi connectivity index (χ2n) is 5.76. The molecule has 2 aromatic carbocycles. The third-order valence-electron chi connectivity index (χ3n) is 4.01. The molecule has 0 N–H and O–H groups in total. The number of benzene rings is 2. The molecule has 0 fully saturated rings. The van der Waals surface area contributed by atoms with Gasteiger partial charge < -0.3 is 4.74 Å². The number of halogens is 1. The van der Waals surface area contributed by atoms with Crippen molar-refractivity contribution in [1.29, 1.82) is 0 Å². The van der Waals surface area contributed by atoms with Gasteiger partial charge in [0.1, 0.15) is 5.56 Å².